The van der Waals surface area contributed by atoms with Gasteiger partial charge in [-0.2, -0.15) is 10.5 Å². The summed E-state index contributed by atoms with van der Waals surface area (Å²) in [6, 6.07) is 0. The first kappa shape index (κ1) is 7.79. The maximum Gasteiger partial charge on any atom is 0.0650 e. The lowest BCUT2D eigenvalue weighted by molar-refractivity contribution is 0.885. The summed E-state index contributed by atoms with van der Waals surface area (Å²) in [6.07, 6.45) is 1.03. The molecule has 0 aliphatic carbocycles. The standard InChI is InChI=1S/C7H10BrN2/c1-5-7(3-4-8)6(2)10-9-5/h3-4H2,1-2H3. The average molecular weight is 202 g/mol. The maximum atomic E-state index is 3.96. The van der Waals surface area contributed by atoms with E-state index >= 15 is 0 Å². The van der Waals surface area contributed by atoms with E-state index in [-0.39, 0.29) is 0 Å². The lowest BCUT2D eigenvalue weighted by atomic mass is 10.1. The summed E-state index contributed by atoms with van der Waals surface area (Å²) in [4.78, 5) is 0. The van der Waals surface area contributed by atoms with Crippen LogP contribution in [0.4, 0.5) is 0 Å². The summed E-state index contributed by atoms with van der Waals surface area (Å²) in [5.41, 5.74) is 7.39. The van der Waals surface area contributed by atoms with Crippen molar-refractivity contribution < 1.29 is 0 Å². The molecule has 55 valence electrons. The van der Waals surface area contributed by atoms with Gasteiger partial charge >= 0.3 is 0 Å². The highest BCUT2D eigenvalue weighted by molar-refractivity contribution is 9.09. The van der Waals surface area contributed by atoms with Gasteiger partial charge in [-0.3, -0.25) is 0 Å². The summed E-state index contributed by atoms with van der Waals surface area (Å²) >= 11 is 3.38. The van der Waals surface area contributed by atoms with Gasteiger partial charge < -0.3 is 0 Å². The van der Waals surface area contributed by atoms with Crippen LogP contribution in [0.1, 0.15) is 20.3 Å². The van der Waals surface area contributed by atoms with Crippen LogP contribution in [-0.4, -0.2) is 11.0 Å². The van der Waals surface area contributed by atoms with Gasteiger partial charge in [-0.05, 0) is 25.8 Å². The Hall–Kier alpha value is -0.310. The van der Waals surface area contributed by atoms with E-state index in [0.29, 0.717) is 0 Å². The zero-order valence-corrected chi connectivity index (χ0v) is 7.77. The molecule has 0 amide bonds. The number of halogens is 1. The number of allylic oxidation sites excluding steroid dienone is 2. The van der Waals surface area contributed by atoms with Crippen molar-refractivity contribution in [3.05, 3.63) is 11.3 Å². The van der Waals surface area contributed by atoms with Gasteiger partial charge in [-0.15, -0.1) is 0 Å². The van der Waals surface area contributed by atoms with Gasteiger partial charge in [-0.1, -0.05) is 15.9 Å². The second kappa shape index (κ2) is 3.19. The van der Waals surface area contributed by atoms with Crippen LogP contribution in [0, 0.1) is 0 Å². The maximum absolute atomic E-state index is 3.96. The monoisotopic (exact) mass is 201 g/mol. The van der Waals surface area contributed by atoms with Gasteiger partial charge in [0.05, 0.1) is 11.4 Å². The van der Waals surface area contributed by atoms with Crippen LogP contribution in [0.5, 0.6) is 0 Å². The normalized spacial score (nSPS) is 17.3. The van der Waals surface area contributed by atoms with Crippen LogP contribution in [0.25, 0.3) is 0 Å². The molecule has 0 atom stereocenters. The summed E-state index contributed by atoms with van der Waals surface area (Å²) in [5.74, 6) is 0. The number of rotatable bonds is 2. The van der Waals surface area contributed by atoms with Crippen molar-refractivity contribution in [3.8, 4) is 0 Å². The minimum absolute atomic E-state index is 0.988. The van der Waals surface area contributed by atoms with Gasteiger partial charge in [0.25, 0.3) is 0 Å². The number of hydrogen-bond donors (Lipinski definition) is 0. The molecule has 2 nitrogen and oxygen atoms in total. The number of hydrogen-bond acceptors (Lipinski definition) is 1. The molecular weight excluding hydrogens is 192 g/mol. The van der Waals surface area contributed by atoms with Crippen LogP contribution in [0.2, 0.25) is 0 Å². The van der Waals surface area contributed by atoms with Crippen molar-refractivity contribution in [1.29, 1.82) is 0 Å². The van der Waals surface area contributed by atoms with E-state index in [9.17, 15) is 0 Å². The zero-order valence-electron chi connectivity index (χ0n) is 6.19. The van der Waals surface area contributed by atoms with E-state index in [1.165, 1.54) is 5.57 Å². The third-order valence-corrected chi connectivity index (χ3v) is 1.96. The largest absolute Gasteiger partial charge is 0.155 e. The number of alkyl halides is 1. The van der Waals surface area contributed by atoms with Crippen molar-refractivity contribution in [2.24, 2.45) is 5.10 Å². The van der Waals surface area contributed by atoms with Gasteiger partial charge in [0, 0.05) is 5.33 Å². The lowest BCUT2D eigenvalue weighted by Gasteiger charge is -1.97. The Labute approximate surface area is 69.5 Å². The third-order valence-electron chi connectivity index (χ3n) is 1.57. The van der Waals surface area contributed by atoms with Crippen molar-refractivity contribution in [1.82, 2.24) is 5.43 Å². The summed E-state index contributed by atoms with van der Waals surface area (Å²) in [5, 5.41) is 4.95. The van der Waals surface area contributed by atoms with E-state index in [4.69, 9.17) is 0 Å². The second-order valence-corrected chi connectivity index (χ2v) is 3.08. The van der Waals surface area contributed by atoms with E-state index in [1.54, 1.807) is 0 Å². The van der Waals surface area contributed by atoms with Crippen LogP contribution < -0.4 is 5.43 Å². The highest BCUT2D eigenvalue weighted by Crippen LogP contribution is 2.16. The van der Waals surface area contributed by atoms with Gasteiger partial charge in [0.2, 0.25) is 0 Å². The van der Waals surface area contributed by atoms with E-state index in [0.717, 1.165) is 23.2 Å². The van der Waals surface area contributed by atoms with Crippen LogP contribution in [0.3, 0.4) is 0 Å². The molecule has 1 heterocycles. The highest BCUT2D eigenvalue weighted by atomic mass is 79.9. The predicted molar refractivity (Wildman–Crippen MR) is 46.4 cm³/mol. The molecule has 0 aromatic heterocycles. The zero-order chi connectivity index (χ0) is 7.56. The Morgan fingerprint density at radius 3 is 2.50 bits per heavy atom. The second-order valence-electron chi connectivity index (χ2n) is 2.29. The summed E-state index contributed by atoms with van der Waals surface area (Å²) in [6.45, 7) is 4.00. The highest BCUT2D eigenvalue weighted by Gasteiger charge is 2.12. The van der Waals surface area contributed by atoms with E-state index in [1.807, 2.05) is 13.8 Å². The molecule has 1 rings (SSSR count). The molecular formula is C7H10BrN2. The Morgan fingerprint density at radius 1 is 1.40 bits per heavy atom. The van der Waals surface area contributed by atoms with Crippen molar-refractivity contribution in [2.45, 2.75) is 20.3 Å². The van der Waals surface area contributed by atoms with Crippen LogP contribution in [-0.2, 0) is 0 Å². The fourth-order valence-electron chi connectivity index (χ4n) is 0.989. The van der Waals surface area contributed by atoms with Crippen molar-refractivity contribution in [3.63, 3.8) is 0 Å². The molecule has 10 heavy (non-hydrogen) atoms. The smallest absolute Gasteiger partial charge is 0.0650 e. The minimum atomic E-state index is 0.988. The van der Waals surface area contributed by atoms with E-state index < -0.39 is 0 Å². The molecule has 0 aromatic rings. The molecule has 0 saturated carbocycles. The molecule has 0 aromatic carbocycles. The first-order valence-corrected chi connectivity index (χ1v) is 4.39. The lowest BCUT2D eigenvalue weighted by Crippen LogP contribution is -1.95. The molecule has 0 unspecified atom stereocenters. The number of nitrogens with zero attached hydrogens (tertiary/aromatic N) is 2. The van der Waals surface area contributed by atoms with Gasteiger partial charge in [0.15, 0.2) is 0 Å². The van der Waals surface area contributed by atoms with Crippen LogP contribution in [0.15, 0.2) is 16.4 Å². The molecule has 0 fully saturated rings. The molecule has 1 aliphatic heterocycles. The topological polar surface area (TPSA) is 26.5 Å². The Bertz CT molecular complexity index is 194. The molecule has 0 spiro atoms. The van der Waals surface area contributed by atoms with Gasteiger partial charge in [0.1, 0.15) is 0 Å². The third kappa shape index (κ3) is 1.40. The molecule has 3 heteroatoms. The average Bonchev–Trinajstić information content (AvgIpc) is 2.20. The van der Waals surface area contributed by atoms with Crippen molar-refractivity contribution in [2.75, 3.05) is 5.33 Å². The minimum Gasteiger partial charge on any atom is -0.155 e. The van der Waals surface area contributed by atoms with E-state index in [2.05, 4.69) is 26.5 Å². The molecule has 0 saturated heterocycles. The predicted octanol–water partition coefficient (Wildman–Crippen LogP) is 2.04. The summed E-state index contributed by atoms with van der Waals surface area (Å²) in [7, 11) is 0. The SMILES string of the molecule is CC1=N[N]C(C)=C1CCBr. The fourth-order valence-corrected chi connectivity index (χ4v) is 1.39. The molecule has 1 radical (unpaired) electrons. The molecule has 0 N–H and O–H groups in total. The Morgan fingerprint density at radius 2 is 2.10 bits per heavy atom. The van der Waals surface area contributed by atoms with Gasteiger partial charge in [-0.25, -0.2) is 0 Å². The quantitative estimate of drug-likeness (QED) is 0.612. The molecule has 0 bridgehead atoms. The van der Waals surface area contributed by atoms with Crippen LogP contribution >= 0.6 is 15.9 Å². The Balaban J connectivity index is 2.69. The molecule has 1 aliphatic rings. The first-order valence-electron chi connectivity index (χ1n) is 3.27. The first-order chi connectivity index (χ1) is 4.75. The Kier molecular flexibility index (Phi) is 2.49. The fraction of sp³-hybridized carbons (Fsp3) is 0.571. The summed E-state index contributed by atoms with van der Waals surface area (Å²) < 4.78 is 0. The van der Waals surface area contributed by atoms with Crippen molar-refractivity contribution >= 4 is 21.6 Å².